The number of rotatable bonds is 6. The van der Waals surface area contributed by atoms with E-state index >= 15 is 0 Å². The van der Waals surface area contributed by atoms with Gasteiger partial charge in [0.1, 0.15) is 11.9 Å². The van der Waals surface area contributed by atoms with E-state index in [1.54, 1.807) is 29.4 Å². The van der Waals surface area contributed by atoms with Crippen LogP contribution in [0.25, 0.3) is 10.9 Å². The predicted octanol–water partition coefficient (Wildman–Crippen LogP) is 2.72. The molecule has 0 atom stereocenters. The number of amides is 1. The van der Waals surface area contributed by atoms with Crippen molar-refractivity contribution in [2.24, 2.45) is 0 Å². The smallest absolute Gasteiger partial charge is 0.261 e. The highest BCUT2D eigenvalue weighted by molar-refractivity contribution is 5.77. The summed E-state index contributed by atoms with van der Waals surface area (Å²) >= 11 is 0. The predicted molar refractivity (Wildman–Crippen MR) is 130 cm³/mol. The van der Waals surface area contributed by atoms with E-state index in [1.807, 2.05) is 35.2 Å². The number of nitrogens with zero attached hydrogens (tertiary/aromatic N) is 5. The fourth-order valence-electron chi connectivity index (χ4n) is 5.09. The highest BCUT2D eigenvalue weighted by atomic mass is 16.5. The first-order chi connectivity index (χ1) is 16.7. The third-order valence-electron chi connectivity index (χ3n) is 7.06. The molecular weight excluding hydrogens is 430 g/mol. The Morgan fingerprint density at radius 2 is 1.71 bits per heavy atom. The SMILES string of the molecule is O=C(CCn1cnc2ccccc2c1=O)N1CCC(N2CCC(Oc3ccncc3)CC2)CC1. The van der Waals surface area contributed by atoms with Gasteiger partial charge in [-0.2, -0.15) is 0 Å². The minimum absolute atomic E-state index is 0.0894. The zero-order valence-corrected chi connectivity index (χ0v) is 19.4. The van der Waals surface area contributed by atoms with Crippen LogP contribution in [0.3, 0.4) is 0 Å². The standard InChI is InChI=1S/C26H31N5O3/c32-25(11-18-31-19-28-24-4-2-1-3-23(24)26(31)33)30-14-7-20(8-15-30)29-16-9-22(10-17-29)34-21-5-12-27-13-6-21/h1-6,12-13,19-20,22H,7-11,14-18H2. The summed E-state index contributed by atoms with van der Waals surface area (Å²) in [6, 6.07) is 11.7. The summed E-state index contributed by atoms with van der Waals surface area (Å²) in [6.45, 7) is 3.99. The Morgan fingerprint density at radius 3 is 2.47 bits per heavy atom. The highest BCUT2D eigenvalue weighted by Crippen LogP contribution is 2.24. The van der Waals surface area contributed by atoms with Gasteiger partial charge in [0.15, 0.2) is 0 Å². The average molecular weight is 462 g/mol. The number of ether oxygens (including phenoxy) is 1. The average Bonchev–Trinajstić information content (AvgIpc) is 2.89. The van der Waals surface area contributed by atoms with Crippen LogP contribution in [0.4, 0.5) is 0 Å². The van der Waals surface area contributed by atoms with Gasteiger partial charge in [0.25, 0.3) is 5.56 Å². The first kappa shape index (κ1) is 22.5. The number of piperidine rings is 2. The van der Waals surface area contributed by atoms with Gasteiger partial charge in [0.2, 0.25) is 5.91 Å². The third-order valence-corrected chi connectivity index (χ3v) is 7.06. The molecule has 178 valence electrons. The highest BCUT2D eigenvalue weighted by Gasteiger charge is 2.30. The zero-order chi connectivity index (χ0) is 23.3. The summed E-state index contributed by atoms with van der Waals surface area (Å²) in [5, 5.41) is 0.591. The summed E-state index contributed by atoms with van der Waals surface area (Å²) in [4.78, 5) is 38.3. The summed E-state index contributed by atoms with van der Waals surface area (Å²) < 4.78 is 7.63. The molecule has 4 heterocycles. The molecule has 1 aromatic carbocycles. The lowest BCUT2D eigenvalue weighted by atomic mass is 9.98. The number of carbonyl (C=O) groups excluding carboxylic acids is 1. The normalized spacial score (nSPS) is 18.3. The van der Waals surface area contributed by atoms with Gasteiger partial charge in [-0.3, -0.25) is 24.0 Å². The summed E-state index contributed by atoms with van der Waals surface area (Å²) in [6.07, 6.45) is 9.69. The maximum Gasteiger partial charge on any atom is 0.261 e. The third kappa shape index (κ3) is 5.12. The summed E-state index contributed by atoms with van der Waals surface area (Å²) in [5.41, 5.74) is 0.596. The minimum Gasteiger partial charge on any atom is -0.490 e. The molecule has 2 aliphatic heterocycles. The molecule has 8 heteroatoms. The van der Waals surface area contributed by atoms with Crippen LogP contribution in [-0.2, 0) is 11.3 Å². The van der Waals surface area contributed by atoms with Gasteiger partial charge in [-0.05, 0) is 49.9 Å². The monoisotopic (exact) mass is 461 g/mol. The number of fused-ring (bicyclic) bond motifs is 1. The lowest BCUT2D eigenvalue weighted by Gasteiger charge is -2.41. The van der Waals surface area contributed by atoms with Crippen molar-refractivity contribution >= 4 is 16.8 Å². The van der Waals surface area contributed by atoms with Crippen molar-refractivity contribution in [3.8, 4) is 5.75 Å². The molecule has 0 unspecified atom stereocenters. The number of aryl methyl sites for hydroxylation is 1. The van der Waals surface area contributed by atoms with E-state index in [1.165, 1.54) is 0 Å². The van der Waals surface area contributed by atoms with Crippen LogP contribution in [0.15, 0.2) is 59.9 Å². The van der Waals surface area contributed by atoms with Crippen LogP contribution < -0.4 is 10.3 Å². The molecule has 3 aromatic rings. The van der Waals surface area contributed by atoms with Crippen LogP contribution in [-0.4, -0.2) is 68.6 Å². The molecule has 2 aliphatic rings. The number of carbonyl (C=O) groups is 1. The molecular formula is C26H31N5O3. The molecule has 0 bridgehead atoms. The Kier molecular flexibility index (Phi) is 6.85. The maximum absolute atomic E-state index is 12.8. The topological polar surface area (TPSA) is 80.6 Å². The Hall–Kier alpha value is -3.26. The van der Waals surface area contributed by atoms with Crippen LogP contribution in [0, 0.1) is 0 Å². The summed E-state index contributed by atoms with van der Waals surface area (Å²) in [7, 11) is 0. The van der Waals surface area contributed by atoms with Crippen LogP contribution >= 0.6 is 0 Å². The molecule has 0 saturated carbocycles. The molecule has 0 spiro atoms. The Bertz CT molecular complexity index is 1170. The van der Waals surface area contributed by atoms with E-state index in [0.29, 0.717) is 29.9 Å². The number of aromatic nitrogens is 3. The lowest BCUT2D eigenvalue weighted by molar-refractivity contribution is -0.133. The zero-order valence-electron chi connectivity index (χ0n) is 19.4. The van der Waals surface area contributed by atoms with Crippen molar-refractivity contribution < 1.29 is 9.53 Å². The Labute approximate surface area is 199 Å². The van der Waals surface area contributed by atoms with E-state index in [9.17, 15) is 9.59 Å². The van der Waals surface area contributed by atoms with Gasteiger partial charge in [-0.25, -0.2) is 4.98 Å². The number of hydrogen-bond acceptors (Lipinski definition) is 6. The molecule has 2 saturated heterocycles. The second kappa shape index (κ2) is 10.3. The van der Waals surface area contributed by atoms with E-state index in [0.717, 1.165) is 57.6 Å². The molecule has 0 aliphatic carbocycles. The molecule has 5 rings (SSSR count). The van der Waals surface area contributed by atoms with Crippen LogP contribution in [0.1, 0.15) is 32.1 Å². The maximum atomic E-state index is 12.8. The van der Waals surface area contributed by atoms with Gasteiger partial charge >= 0.3 is 0 Å². The largest absolute Gasteiger partial charge is 0.490 e. The fourth-order valence-corrected chi connectivity index (χ4v) is 5.09. The van der Waals surface area contributed by atoms with Gasteiger partial charge in [0.05, 0.1) is 17.2 Å². The summed E-state index contributed by atoms with van der Waals surface area (Å²) in [5.74, 6) is 1.00. The van der Waals surface area contributed by atoms with Gasteiger partial charge in [-0.1, -0.05) is 12.1 Å². The van der Waals surface area contributed by atoms with Crippen LogP contribution in [0.2, 0.25) is 0 Å². The van der Waals surface area contributed by atoms with Gasteiger partial charge in [0, 0.05) is 57.6 Å². The van der Waals surface area contributed by atoms with E-state index < -0.39 is 0 Å². The molecule has 2 fully saturated rings. The molecule has 34 heavy (non-hydrogen) atoms. The van der Waals surface area contributed by atoms with E-state index in [2.05, 4.69) is 14.9 Å². The molecule has 1 amide bonds. The first-order valence-corrected chi connectivity index (χ1v) is 12.2. The minimum atomic E-state index is -0.0894. The van der Waals surface area contributed by atoms with Crippen molar-refractivity contribution in [1.29, 1.82) is 0 Å². The van der Waals surface area contributed by atoms with Crippen molar-refractivity contribution in [3.05, 3.63) is 65.5 Å². The van der Waals surface area contributed by atoms with Gasteiger partial charge < -0.3 is 9.64 Å². The molecule has 2 aromatic heterocycles. The molecule has 0 N–H and O–H groups in total. The second-order valence-electron chi connectivity index (χ2n) is 9.16. The lowest BCUT2D eigenvalue weighted by Crippen LogP contribution is -2.50. The Balaban J connectivity index is 1.07. The van der Waals surface area contributed by atoms with Gasteiger partial charge in [-0.15, -0.1) is 0 Å². The van der Waals surface area contributed by atoms with Crippen molar-refractivity contribution in [1.82, 2.24) is 24.3 Å². The van der Waals surface area contributed by atoms with Crippen molar-refractivity contribution in [3.63, 3.8) is 0 Å². The molecule has 0 radical (unpaired) electrons. The Morgan fingerprint density at radius 1 is 0.971 bits per heavy atom. The number of para-hydroxylation sites is 1. The fraction of sp³-hybridized carbons (Fsp3) is 0.462. The van der Waals surface area contributed by atoms with E-state index in [4.69, 9.17) is 4.74 Å². The van der Waals surface area contributed by atoms with E-state index in [-0.39, 0.29) is 17.6 Å². The van der Waals surface area contributed by atoms with Crippen molar-refractivity contribution in [2.45, 2.75) is 50.8 Å². The number of pyridine rings is 1. The van der Waals surface area contributed by atoms with Crippen LogP contribution in [0.5, 0.6) is 5.75 Å². The number of benzene rings is 1. The molecule has 8 nitrogen and oxygen atoms in total. The quantitative estimate of drug-likeness (QED) is 0.562. The number of likely N-dealkylation sites (tertiary alicyclic amines) is 2. The van der Waals surface area contributed by atoms with Crippen molar-refractivity contribution in [2.75, 3.05) is 26.2 Å². The first-order valence-electron chi connectivity index (χ1n) is 12.2. The number of hydrogen-bond donors (Lipinski definition) is 0. The second-order valence-corrected chi connectivity index (χ2v) is 9.16.